The molecule has 0 bridgehead atoms. The third-order valence-corrected chi connectivity index (χ3v) is 4.13. The number of furan rings is 1. The summed E-state index contributed by atoms with van der Waals surface area (Å²) in [6, 6.07) is 8.11. The van der Waals surface area contributed by atoms with Gasteiger partial charge in [0.25, 0.3) is 0 Å². The summed E-state index contributed by atoms with van der Waals surface area (Å²) in [6.45, 7) is 4.29. The monoisotopic (exact) mass is 312 g/mol. The number of ether oxygens (including phenoxy) is 2. The molecule has 0 radical (unpaired) electrons. The van der Waals surface area contributed by atoms with Crippen molar-refractivity contribution in [3.05, 3.63) is 41.7 Å². The summed E-state index contributed by atoms with van der Waals surface area (Å²) < 4.78 is 16.4. The predicted octanol–water partition coefficient (Wildman–Crippen LogP) is 4.40. The Balaban J connectivity index is 2.12. The van der Waals surface area contributed by atoms with Gasteiger partial charge in [-0.05, 0) is 36.8 Å². The van der Waals surface area contributed by atoms with E-state index in [9.17, 15) is 4.79 Å². The van der Waals surface area contributed by atoms with Gasteiger partial charge in [0.15, 0.2) is 11.3 Å². The number of rotatable bonds is 5. The molecule has 0 aliphatic rings. The van der Waals surface area contributed by atoms with Gasteiger partial charge in [0, 0.05) is 17.2 Å². The van der Waals surface area contributed by atoms with Crippen molar-refractivity contribution in [1.29, 1.82) is 0 Å². The number of esters is 1. The molecule has 3 rings (SSSR count). The molecule has 1 heterocycles. The Morgan fingerprint density at radius 2 is 1.96 bits per heavy atom. The van der Waals surface area contributed by atoms with Crippen LogP contribution in [0, 0.1) is 6.92 Å². The Morgan fingerprint density at radius 3 is 2.65 bits per heavy atom. The van der Waals surface area contributed by atoms with Gasteiger partial charge in [-0.1, -0.05) is 24.3 Å². The largest absolute Gasteiger partial charge is 0.492 e. The number of carbonyl (C=O) groups is 1. The van der Waals surface area contributed by atoms with Gasteiger partial charge in [-0.25, -0.2) is 0 Å². The fourth-order valence-electron chi connectivity index (χ4n) is 3.09. The summed E-state index contributed by atoms with van der Waals surface area (Å²) in [5.74, 6) is 0.552. The fourth-order valence-corrected chi connectivity index (χ4v) is 3.09. The van der Waals surface area contributed by atoms with Gasteiger partial charge in [0.2, 0.25) is 0 Å². The molecule has 0 aliphatic carbocycles. The molecule has 4 nitrogen and oxygen atoms in total. The first-order valence-electron chi connectivity index (χ1n) is 7.78. The van der Waals surface area contributed by atoms with Gasteiger partial charge >= 0.3 is 5.97 Å². The van der Waals surface area contributed by atoms with Gasteiger partial charge in [0.05, 0.1) is 20.0 Å². The second-order valence-electron chi connectivity index (χ2n) is 5.47. The van der Waals surface area contributed by atoms with Crippen LogP contribution < -0.4 is 4.74 Å². The molecule has 0 aliphatic heterocycles. The minimum absolute atomic E-state index is 0.188. The van der Waals surface area contributed by atoms with E-state index in [0.29, 0.717) is 19.4 Å². The molecule has 0 atom stereocenters. The second-order valence-corrected chi connectivity index (χ2v) is 5.47. The zero-order valence-corrected chi connectivity index (χ0v) is 13.6. The lowest BCUT2D eigenvalue weighted by Crippen LogP contribution is -2.05. The van der Waals surface area contributed by atoms with E-state index in [-0.39, 0.29) is 5.97 Å². The Bertz CT molecular complexity index is 861. The highest BCUT2D eigenvalue weighted by atomic mass is 16.5. The molecule has 23 heavy (non-hydrogen) atoms. The number of hydrogen-bond acceptors (Lipinski definition) is 4. The van der Waals surface area contributed by atoms with E-state index in [0.717, 1.165) is 38.6 Å². The number of carbonyl (C=O) groups excluding carboxylic acids is 1. The highest BCUT2D eigenvalue weighted by molar-refractivity contribution is 6.07. The fraction of sp³-hybridized carbons (Fsp3) is 0.316. The first-order valence-corrected chi connectivity index (χ1v) is 7.78. The van der Waals surface area contributed by atoms with E-state index in [2.05, 4.69) is 13.0 Å². The molecule has 120 valence electrons. The van der Waals surface area contributed by atoms with E-state index >= 15 is 0 Å². The SMILES string of the molecule is CCOC(=O)CCc1coc2c(OC)c3ccccc3c(C)c12. The quantitative estimate of drug-likeness (QED) is 0.655. The zero-order valence-electron chi connectivity index (χ0n) is 13.6. The van der Waals surface area contributed by atoms with Crippen LogP contribution in [0.3, 0.4) is 0 Å². The van der Waals surface area contributed by atoms with Gasteiger partial charge in [-0.2, -0.15) is 0 Å². The minimum Gasteiger partial charge on any atom is -0.492 e. The highest BCUT2D eigenvalue weighted by Gasteiger charge is 2.18. The molecule has 0 fully saturated rings. The summed E-state index contributed by atoms with van der Waals surface area (Å²) in [5.41, 5.74) is 2.89. The molecule has 2 aromatic carbocycles. The van der Waals surface area contributed by atoms with E-state index in [1.54, 1.807) is 13.4 Å². The molecule has 4 heteroatoms. The van der Waals surface area contributed by atoms with Gasteiger partial charge < -0.3 is 13.9 Å². The Kier molecular flexibility index (Phi) is 4.24. The standard InChI is InChI=1S/C19H20O4/c1-4-22-16(20)10-9-13-11-23-19-17(13)12(2)14-7-5-6-8-15(14)18(19)21-3/h5-8,11H,4,9-10H2,1-3H3. The number of benzene rings is 2. The van der Waals surface area contributed by atoms with Crippen LogP contribution in [0.5, 0.6) is 5.75 Å². The molecule has 0 saturated heterocycles. The van der Waals surface area contributed by atoms with Crippen LogP contribution in [0.1, 0.15) is 24.5 Å². The summed E-state index contributed by atoms with van der Waals surface area (Å²) >= 11 is 0. The van der Waals surface area contributed by atoms with Gasteiger partial charge in [-0.15, -0.1) is 0 Å². The van der Waals surface area contributed by atoms with Crippen LogP contribution >= 0.6 is 0 Å². The molecule has 0 saturated carbocycles. The molecule has 0 unspecified atom stereocenters. The molecule has 0 spiro atoms. The maximum atomic E-state index is 11.6. The van der Waals surface area contributed by atoms with Crippen molar-refractivity contribution in [2.75, 3.05) is 13.7 Å². The van der Waals surface area contributed by atoms with Crippen LogP contribution in [0.15, 0.2) is 34.9 Å². The maximum absolute atomic E-state index is 11.6. The van der Waals surface area contributed by atoms with Crippen molar-refractivity contribution < 1.29 is 18.7 Å². The number of hydrogen-bond donors (Lipinski definition) is 0. The lowest BCUT2D eigenvalue weighted by Gasteiger charge is -2.10. The smallest absolute Gasteiger partial charge is 0.306 e. The molecule has 1 aromatic heterocycles. The third-order valence-electron chi connectivity index (χ3n) is 4.13. The zero-order chi connectivity index (χ0) is 16.4. The van der Waals surface area contributed by atoms with Crippen LogP contribution in [0.4, 0.5) is 0 Å². The van der Waals surface area contributed by atoms with Crippen molar-refractivity contribution in [2.24, 2.45) is 0 Å². The topological polar surface area (TPSA) is 48.7 Å². The Hall–Kier alpha value is -2.49. The van der Waals surface area contributed by atoms with Crippen molar-refractivity contribution in [1.82, 2.24) is 0 Å². The van der Waals surface area contributed by atoms with E-state index in [4.69, 9.17) is 13.9 Å². The summed E-state index contributed by atoms with van der Waals surface area (Å²) in [5, 5.41) is 3.20. The van der Waals surface area contributed by atoms with Gasteiger partial charge in [0.1, 0.15) is 0 Å². The average molecular weight is 312 g/mol. The van der Waals surface area contributed by atoms with Gasteiger partial charge in [-0.3, -0.25) is 4.79 Å². The van der Waals surface area contributed by atoms with E-state index in [1.165, 1.54) is 0 Å². The lowest BCUT2D eigenvalue weighted by atomic mass is 9.97. The summed E-state index contributed by atoms with van der Waals surface area (Å²) in [6.07, 6.45) is 2.66. The lowest BCUT2D eigenvalue weighted by molar-refractivity contribution is -0.143. The molecule has 0 amide bonds. The minimum atomic E-state index is -0.188. The van der Waals surface area contributed by atoms with E-state index in [1.807, 2.05) is 25.1 Å². The van der Waals surface area contributed by atoms with Crippen LogP contribution in [-0.4, -0.2) is 19.7 Å². The normalized spacial score (nSPS) is 11.1. The van der Waals surface area contributed by atoms with Crippen molar-refractivity contribution in [3.63, 3.8) is 0 Å². The summed E-state index contributed by atoms with van der Waals surface area (Å²) in [7, 11) is 1.65. The first-order chi connectivity index (χ1) is 11.2. The van der Waals surface area contributed by atoms with Crippen LogP contribution in [-0.2, 0) is 16.0 Å². The van der Waals surface area contributed by atoms with Crippen LogP contribution in [0.2, 0.25) is 0 Å². The molecular formula is C19H20O4. The number of aryl methyl sites for hydroxylation is 2. The first kappa shape index (κ1) is 15.4. The van der Waals surface area contributed by atoms with Crippen LogP contribution in [0.25, 0.3) is 21.7 Å². The highest BCUT2D eigenvalue weighted by Crippen LogP contribution is 2.40. The second kappa shape index (κ2) is 6.32. The van der Waals surface area contributed by atoms with E-state index < -0.39 is 0 Å². The summed E-state index contributed by atoms with van der Waals surface area (Å²) in [4.78, 5) is 11.6. The molecular weight excluding hydrogens is 292 g/mol. The third kappa shape index (κ3) is 2.65. The van der Waals surface area contributed by atoms with Crippen molar-refractivity contribution >= 4 is 27.7 Å². The number of fused-ring (bicyclic) bond motifs is 2. The maximum Gasteiger partial charge on any atom is 0.306 e. The van der Waals surface area contributed by atoms with Crippen molar-refractivity contribution in [3.8, 4) is 5.75 Å². The van der Waals surface area contributed by atoms with Crippen molar-refractivity contribution in [2.45, 2.75) is 26.7 Å². The number of methoxy groups -OCH3 is 1. The Morgan fingerprint density at radius 1 is 1.22 bits per heavy atom. The Labute approximate surface area is 135 Å². The molecule has 0 N–H and O–H groups in total. The molecule has 3 aromatic rings. The predicted molar refractivity (Wildman–Crippen MR) is 90.0 cm³/mol. The average Bonchev–Trinajstić information content (AvgIpc) is 2.98.